The molecule has 0 fully saturated rings. The fraction of sp³-hybridized carbons (Fsp3) is 0.318. The largest absolute Gasteiger partial charge is 0.269 e. The molecule has 1 unspecified atom stereocenters. The number of aromatic nitrogens is 2. The lowest BCUT2D eigenvalue weighted by Crippen LogP contribution is -2.12. The molecule has 0 aliphatic carbocycles. The van der Waals surface area contributed by atoms with Gasteiger partial charge >= 0.3 is 0 Å². The van der Waals surface area contributed by atoms with Crippen LogP contribution >= 0.6 is 0 Å². The Morgan fingerprint density at radius 2 is 1.58 bits per heavy atom. The summed E-state index contributed by atoms with van der Waals surface area (Å²) in [5.41, 5.74) is 5.14. The highest BCUT2D eigenvalue weighted by Crippen LogP contribution is 2.24. The Morgan fingerprint density at radius 3 is 2.21 bits per heavy atom. The van der Waals surface area contributed by atoms with Gasteiger partial charge < -0.3 is 0 Å². The number of hydrogen-bond donors (Lipinski definition) is 0. The molecule has 0 amide bonds. The minimum absolute atomic E-state index is 0.205. The van der Waals surface area contributed by atoms with Crippen LogP contribution in [0.25, 0.3) is 11.3 Å². The van der Waals surface area contributed by atoms with Crippen molar-refractivity contribution >= 4 is 0 Å². The Labute approximate surface area is 145 Å². The number of benzene rings is 2. The molecule has 0 N–H and O–H groups in total. The minimum Gasteiger partial charge on any atom is -0.269 e. The molecule has 0 aliphatic rings. The van der Waals surface area contributed by atoms with Crippen molar-refractivity contribution in [1.82, 2.24) is 9.78 Å². The highest BCUT2D eigenvalue weighted by molar-refractivity contribution is 5.58. The zero-order valence-electron chi connectivity index (χ0n) is 15.0. The van der Waals surface area contributed by atoms with Gasteiger partial charge in [-0.15, -0.1) is 0 Å². The quantitative estimate of drug-likeness (QED) is 0.607. The van der Waals surface area contributed by atoms with Gasteiger partial charge in [-0.1, -0.05) is 75.4 Å². The van der Waals surface area contributed by atoms with E-state index in [4.69, 9.17) is 5.10 Å². The minimum atomic E-state index is 0.205. The average molecular weight is 318 g/mol. The standard InChI is InChI=1S/C22H26N2/c1-17(16-18-10-12-20(13-11-18)22(2,3)4)24-15-14-21(23-24)19-8-6-5-7-9-19/h5-15,17H,16H2,1-4H3. The zero-order chi connectivity index (χ0) is 17.2. The second-order valence-corrected chi connectivity index (χ2v) is 7.55. The van der Waals surface area contributed by atoms with E-state index in [2.05, 4.69) is 93.2 Å². The molecule has 3 aromatic rings. The van der Waals surface area contributed by atoms with E-state index >= 15 is 0 Å². The Bertz CT molecular complexity index is 777. The van der Waals surface area contributed by atoms with Gasteiger partial charge in [-0.05, 0) is 36.0 Å². The van der Waals surface area contributed by atoms with E-state index in [1.54, 1.807) is 0 Å². The van der Waals surface area contributed by atoms with E-state index in [0.717, 1.165) is 17.7 Å². The first-order chi connectivity index (χ1) is 11.4. The van der Waals surface area contributed by atoms with Gasteiger partial charge in [-0.3, -0.25) is 4.68 Å². The Hall–Kier alpha value is -2.35. The Balaban J connectivity index is 1.71. The van der Waals surface area contributed by atoms with Crippen molar-refractivity contribution in [1.29, 1.82) is 0 Å². The maximum Gasteiger partial charge on any atom is 0.0923 e. The van der Waals surface area contributed by atoms with Crippen LogP contribution in [0.1, 0.15) is 44.9 Å². The third-order valence-corrected chi connectivity index (χ3v) is 4.48. The summed E-state index contributed by atoms with van der Waals surface area (Å²) in [5, 5.41) is 4.75. The van der Waals surface area contributed by atoms with E-state index in [1.807, 2.05) is 6.07 Å². The van der Waals surface area contributed by atoms with Gasteiger partial charge in [0, 0.05) is 11.8 Å². The summed E-state index contributed by atoms with van der Waals surface area (Å²) < 4.78 is 2.07. The maximum absolute atomic E-state index is 4.75. The number of rotatable bonds is 4. The normalized spacial score (nSPS) is 13.0. The molecule has 2 aromatic carbocycles. The topological polar surface area (TPSA) is 17.8 Å². The van der Waals surface area contributed by atoms with Gasteiger partial charge in [0.15, 0.2) is 0 Å². The first kappa shape index (κ1) is 16.5. The monoisotopic (exact) mass is 318 g/mol. The molecule has 24 heavy (non-hydrogen) atoms. The summed E-state index contributed by atoms with van der Waals surface area (Å²) in [7, 11) is 0. The van der Waals surface area contributed by atoms with Crippen molar-refractivity contribution in [3.63, 3.8) is 0 Å². The molecule has 0 bridgehead atoms. The van der Waals surface area contributed by atoms with E-state index in [-0.39, 0.29) is 5.41 Å². The van der Waals surface area contributed by atoms with Crippen molar-refractivity contribution in [3.05, 3.63) is 78.0 Å². The molecular weight excluding hydrogens is 292 g/mol. The third kappa shape index (κ3) is 3.76. The highest BCUT2D eigenvalue weighted by atomic mass is 15.3. The molecule has 3 rings (SSSR count). The summed E-state index contributed by atoms with van der Waals surface area (Å²) in [5.74, 6) is 0. The van der Waals surface area contributed by atoms with Gasteiger partial charge in [0.2, 0.25) is 0 Å². The van der Waals surface area contributed by atoms with Crippen LogP contribution in [0.15, 0.2) is 66.9 Å². The predicted molar refractivity (Wildman–Crippen MR) is 101 cm³/mol. The fourth-order valence-corrected chi connectivity index (χ4v) is 2.92. The number of nitrogens with zero attached hydrogens (tertiary/aromatic N) is 2. The molecule has 124 valence electrons. The molecule has 2 heteroatoms. The summed E-state index contributed by atoms with van der Waals surface area (Å²) >= 11 is 0. The molecule has 0 spiro atoms. The maximum atomic E-state index is 4.75. The average Bonchev–Trinajstić information content (AvgIpc) is 3.05. The summed E-state index contributed by atoms with van der Waals surface area (Å²) in [6, 6.07) is 21.8. The Morgan fingerprint density at radius 1 is 0.917 bits per heavy atom. The summed E-state index contributed by atoms with van der Waals surface area (Å²) in [4.78, 5) is 0. The first-order valence-electron chi connectivity index (χ1n) is 8.63. The van der Waals surface area contributed by atoms with Crippen LogP contribution in [-0.4, -0.2) is 9.78 Å². The molecular formula is C22H26N2. The van der Waals surface area contributed by atoms with Gasteiger partial charge in [0.1, 0.15) is 0 Å². The third-order valence-electron chi connectivity index (χ3n) is 4.48. The van der Waals surface area contributed by atoms with Crippen LogP contribution < -0.4 is 0 Å². The second kappa shape index (κ2) is 6.64. The van der Waals surface area contributed by atoms with Crippen molar-refractivity contribution in [2.24, 2.45) is 0 Å². The van der Waals surface area contributed by atoms with E-state index in [1.165, 1.54) is 11.1 Å². The lowest BCUT2D eigenvalue weighted by molar-refractivity contribution is 0.490. The summed E-state index contributed by atoms with van der Waals surface area (Å²) in [6.45, 7) is 8.97. The molecule has 0 saturated carbocycles. The fourth-order valence-electron chi connectivity index (χ4n) is 2.92. The van der Waals surface area contributed by atoms with Crippen molar-refractivity contribution in [2.75, 3.05) is 0 Å². The van der Waals surface area contributed by atoms with Crippen LogP contribution in [-0.2, 0) is 11.8 Å². The van der Waals surface area contributed by atoms with Crippen LogP contribution in [0.2, 0.25) is 0 Å². The lowest BCUT2D eigenvalue weighted by Gasteiger charge is -2.19. The summed E-state index contributed by atoms with van der Waals surface area (Å²) in [6.07, 6.45) is 3.07. The lowest BCUT2D eigenvalue weighted by atomic mass is 9.86. The first-order valence-corrected chi connectivity index (χ1v) is 8.63. The van der Waals surface area contributed by atoms with E-state index in [0.29, 0.717) is 6.04 Å². The van der Waals surface area contributed by atoms with Gasteiger partial charge in [0.05, 0.1) is 11.7 Å². The SMILES string of the molecule is CC(Cc1ccc(C(C)(C)C)cc1)n1ccc(-c2ccccc2)n1. The van der Waals surface area contributed by atoms with Crippen molar-refractivity contribution in [2.45, 2.75) is 45.6 Å². The molecule has 0 radical (unpaired) electrons. The second-order valence-electron chi connectivity index (χ2n) is 7.55. The van der Waals surface area contributed by atoms with Gasteiger partial charge in [0.25, 0.3) is 0 Å². The van der Waals surface area contributed by atoms with E-state index < -0.39 is 0 Å². The predicted octanol–water partition coefficient (Wildman–Crippen LogP) is 5.65. The van der Waals surface area contributed by atoms with Crippen molar-refractivity contribution < 1.29 is 0 Å². The van der Waals surface area contributed by atoms with Crippen LogP contribution in [0.3, 0.4) is 0 Å². The molecule has 0 aliphatic heterocycles. The molecule has 1 atom stereocenters. The smallest absolute Gasteiger partial charge is 0.0923 e. The molecule has 2 nitrogen and oxygen atoms in total. The molecule has 0 saturated heterocycles. The highest BCUT2D eigenvalue weighted by Gasteiger charge is 2.14. The van der Waals surface area contributed by atoms with E-state index in [9.17, 15) is 0 Å². The Kier molecular flexibility index (Phi) is 4.57. The van der Waals surface area contributed by atoms with Crippen molar-refractivity contribution in [3.8, 4) is 11.3 Å². The van der Waals surface area contributed by atoms with Crippen LogP contribution in [0.4, 0.5) is 0 Å². The van der Waals surface area contributed by atoms with Crippen LogP contribution in [0, 0.1) is 0 Å². The number of hydrogen-bond acceptors (Lipinski definition) is 1. The zero-order valence-corrected chi connectivity index (χ0v) is 15.0. The molecule has 1 heterocycles. The van der Waals surface area contributed by atoms with Crippen LogP contribution in [0.5, 0.6) is 0 Å². The van der Waals surface area contributed by atoms with Gasteiger partial charge in [-0.25, -0.2) is 0 Å². The van der Waals surface area contributed by atoms with Gasteiger partial charge in [-0.2, -0.15) is 5.10 Å². The molecule has 1 aromatic heterocycles.